The Kier molecular flexibility index (Phi) is 9.21. The first kappa shape index (κ1) is 44.5. The molecule has 5 heterocycles. The summed E-state index contributed by atoms with van der Waals surface area (Å²) in [4.78, 5) is 5.01. The Bertz CT molecular complexity index is 3820. The van der Waals surface area contributed by atoms with Gasteiger partial charge in [0, 0.05) is 44.0 Å². The lowest BCUT2D eigenvalue weighted by Crippen LogP contribution is -2.61. The third-order valence-electron chi connectivity index (χ3n) is 15.4. The number of rotatable bonds is 2. The third-order valence-corrected chi connectivity index (χ3v) is 15.4. The quantitative estimate of drug-likeness (QED) is 0.162. The van der Waals surface area contributed by atoms with Gasteiger partial charge in [0.25, 0.3) is 6.71 Å². The van der Waals surface area contributed by atoms with Crippen LogP contribution in [0.25, 0.3) is 54.8 Å². The van der Waals surface area contributed by atoms with Gasteiger partial charge in [0.2, 0.25) is 0 Å². The minimum atomic E-state index is -0.218. The van der Waals surface area contributed by atoms with Crippen LogP contribution >= 0.6 is 0 Å². The molecule has 0 amide bonds. The van der Waals surface area contributed by atoms with Crippen LogP contribution in [0.3, 0.4) is 0 Å². The van der Waals surface area contributed by atoms with Gasteiger partial charge in [-0.15, -0.1) is 0 Å². The van der Waals surface area contributed by atoms with Gasteiger partial charge < -0.3 is 23.1 Å². The van der Waals surface area contributed by atoms with Crippen LogP contribution in [-0.2, 0) is 27.1 Å². The van der Waals surface area contributed by atoms with E-state index >= 15 is 0 Å². The molecular weight excluding hydrogens is 856 g/mol. The topological polar surface area (TPSA) is 45.9 Å². The van der Waals surface area contributed by atoms with Gasteiger partial charge >= 0.3 is 0 Å². The Balaban J connectivity index is 1.23. The Labute approximate surface area is 413 Å². The molecule has 70 heavy (non-hydrogen) atoms. The summed E-state index contributed by atoms with van der Waals surface area (Å²) >= 11 is 0. The maximum Gasteiger partial charge on any atom is 0.297 e. The van der Waals surface area contributed by atoms with E-state index in [1.165, 1.54) is 38.7 Å². The molecule has 10 aromatic rings. The molecule has 0 radical (unpaired) electrons. The molecule has 0 bridgehead atoms. The Morgan fingerprint density at radius 3 is 1.23 bits per heavy atom. The van der Waals surface area contributed by atoms with Gasteiger partial charge in [-0.2, -0.15) is 0 Å². The van der Waals surface area contributed by atoms with Crippen molar-refractivity contribution in [2.24, 2.45) is 0 Å². The summed E-state index contributed by atoms with van der Waals surface area (Å²) in [5.74, 6) is 0. The first-order chi connectivity index (χ1) is 32.9. The van der Waals surface area contributed by atoms with E-state index in [9.17, 15) is 0 Å². The van der Waals surface area contributed by atoms with Gasteiger partial charge in [0.1, 0.15) is 16.7 Å². The summed E-state index contributed by atoms with van der Waals surface area (Å²) in [5, 5.41) is 5.56. The van der Waals surface area contributed by atoms with Crippen LogP contribution in [-0.4, -0.2) is 6.71 Å². The van der Waals surface area contributed by atoms with E-state index in [-0.39, 0.29) is 33.8 Å². The lowest BCUT2D eigenvalue weighted by Gasteiger charge is -2.43. The zero-order valence-electron chi connectivity index (χ0n) is 43.7. The van der Waals surface area contributed by atoms with Gasteiger partial charge in [0.05, 0.1) is 22.7 Å². The molecule has 0 N–H and O–H groups in total. The standard InChI is InChI=1S/C64H65BN2O3/c1-60(2,3)36-23-27-52-43(30-36)41-18-16-20-47(57(41)68-52)66-49-33-39(63(10,11)12)22-26-46(49)65-55-50(66)34-40(64(13,14)15)35-51(55)67(56-45-32-38(62(7,8)9)25-29-54(45)70-59(56)65)48-21-17-19-42-44-31-37(61(4,5)6)24-28-53(44)69-58(42)48/h16-35H,1-15H3. The Morgan fingerprint density at radius 2 is 0.743 bits per heavy atom. The number of hydrogen-bond donors (Lipinski definition) is 0. The summed E-state index contributed by atoms with van der Waals surface area (Å²) in [5.41, 5.74) is 20.0. The second-order valence-electron chi connectivity index (χ2n) is 25.5. The highest BCUT2D eigenvalue weighted by atomic mass is 16.3. The summed E-state index contributed by atoms with van der Waals surface area (Å²) in [6, 6.07) is 45.7. The van der Waals surface area contributed by atoms with Crippen LogP contribution in [0.5, 0.6) is 0 Å². The highest BCUT2D eigenvalue weighted by Crippen LogP contribution is 2.52. The first-order valence-corrected chi connectivity index (χ1v) is 25.3. The summed E-state index contributed by atoms with van der Waals surface area (Å²) in [6.45, 7) is 34.2. The minimum Gasteiger partial charge on any atom is -0.468 e. The molecule has 12 rings (SSSR count). The smallest absolute Gasteiger partial charge is 0.297 e. The molecule has 7 aromatic carbocycles. The predicted octanol–water partition coefficient (Wildman–Crippen LogP) is 16.8. The van der Waals surface area contributed by atoms with Crippen molar-refractivity contribution in [2.45, 2.75) is 131 Å². The summed E-state index contributed by atoms with van der Waals surface area (Å²) in [7, 11) is 0. The monoisotopic (exact) mass is 921 g/mol. The molecule has 0 spiro atoms. The molecule has 5 nitrogen and oxygen atoms in total. The summed E-state index contributed by atoms with van der Waals surface area (Å²) in [6.07, 6.45) is 0. The van der Waals surface area contributed by atoms with Crippen molar-refractivity contribution in [3.8, 4) is 0 Å². The minimum absolute atomic E-state index is 0.0101. The van der Waals surface area contributed by atoms with E-state index in [4.69, 9.17) is 13.3 Å². The van der Waals surface area contributed by atoms with Crippen molar-refractivity contribution in [3.05, 3.63) is 149 Å². The SMILES string of the molecule is CC(C)(C)c1ccc2c(c1)N(c1cccc3c1oc1ccc(C(C)(C)C)cc13)c1cc(C(C)(C)C)cc3c1B2c1oc2ccc(C(C)(C)C)cc2c1N3c1cccc2c1oc1ccc(C(C)(C)C)cc12. The second-order valence-corrected chi connectivity index (χ2v) is 25.5. The number of benzene rings is 7. The Hall–Kier alpha value is -6.66. The predicted molar refractivity (Wildman–Crippen MR) is 298 cm³/mol. The Morgan fingerprint density at radius 1 is 0.343 bits per heavy atom. The van der Waals surface area contributed by atoms with Crippen LogP contribution in [0, 0.1) is 0 Å². The van der Waals surface area contributed by atoms with Gasteiger partial charge in [-0.05, 0) is 133 Å². The van der Waals surface area contributed by atoms with Crippen LogP contribution < -0.4 is 26.4 Å². The van der Waals surface area contributed by atoms with E-state index in [0.717, 1.165) is 94.6 Å². The maximum atomic E-state index is 7.42. The average Bonchev–Trinajstić information content (AvgIpc) is 3.98. The zero-order chi connectivity index (χ0) is 49.4. The second kappa shape index (κ2) is 14.5. The number of para-hydroxylation sites is 2. The van der Waals surface area contributed by atoms with Gasteiger partial charge in [-0.3, -0.25) is 0 Å². The highest BCUT2D eigenvalue weighted by molar-refractivity contribution is 7.00. The number of anilines is 6. The molecule has 0 saturated carbocycles. The molecule has 0 saturated heterocycles. The molecule has 3 aromatic heterocycles. The van der Waals surface area contributed by atoms with Crippen LogP contribution in [0.1, 0.15) is 132 Å². The largest absolute Gasteiger partial charge is 0.468 e. The van der Waals surface area contributed by atoms with Crippen molar-refractivity contribution in [1.82, 2.24) is 0 Å². The molecule has 0 fully saturated rings. The average molecular weight is 921 g/mol. The van der Waals surface area contributed by atoms with E-state index in [2.05, 4.69) is 235 Å². The normalized spacial score (nSPS) is 14.4. The zero-order valence-corrected chi connectivity index (χ0v) is 43.7. The molecule has 0 unspecified atom stereocenters. The molecule has 2 aliphatic heterocycles. The number of fused-ring (bicyclic) bond motifs is 12. The van der Waals surface area contributed by atoms with E-state index in [1.807, 2.05) is 0 Å². The van der Waals surface area contributed by atoms with E-state index in [0.29, 0.717) is 0 Å². The molecule has 0 atom stereocenters. The van der Waals surface area contributed by atoms with Crippen LogP contribution in [0.15, 0.2) is 135 Å². The van der Waals surface area contributed by atoms with Crippen molar-refractivity contribution in [1.29, 1.82) is 0 Å². The third kappa shape index (κ3) is 6.65. The van der Waals surface area contributed by atoms with Gasteiger partial charge in [-0.25, -0.2) is 0 Å². The molecule has 352 valence electrons. The number of hydrogen-bond acceptors (Lipinski definition) is 5. The van der Waals surface area contributed by atoms with Crippen molar-refractivity contribution in [3.63, 3.8) is 0 Å². The number of nitrogens with zero attached hydrogens (tertiary/aromatic N) is 2. The number of furan rings is 3. The lowest BCUT2D eigenvalue weighted by atomic mass is 9.35. The lowest BCUT2D eigenvalue weighted by molar-refractivity contribution is 0.590. The fourth-order valence-corrected chi connectivity index (χ4v) is 11.2. The van der Waals surface area contributed by atoms with Crippen LogP contribution in [0.4, 0.5) is 34.1 Å². The van der Waals surface area contributed by atoms with Crippen molar-refractivity contribution < 1.29 is 13.3 Å². The van der Waals surface area contributed by atoms with E-state index in [1.54, 1.807) is 0 Å². The highest BCUT2D eigenvalue weighted by Gasteiger charge is 2.48. The fourth-order valence-electron chi connectivity index (χ4n) is 11.2. The van der Waals surface area contributed by atoms with Crippen molar-refractivity contribution >= 4 is 112 Å². The summed E-state index contributed by atoms with van der Waals surface area (Å²) < 4.78 is 21.6. The molecule has 2 aliphatic rings. The van der Waals surface area contributed by atoms with Gasteiger partial charge in [-0.1, -0.05) is 158 Å². The first-order valence-electron chi connectivity index (χ1n) is 25.3. The molecule has 0 aliphatic carbocycles. The maximum absolute atomic E-state index is 7.42. The molecular formula is C64H65BN2O3. The van der Waals surface area contributed by atoms with Gasteiger partial charge in [0.15, 0.2) is 11.2 Å². The van der Waals surface area contributed by atoms with Crippen molar-refractivity contribution in [2.75, 3.05) is 9.80 Å². The van der Waals surface area contributed by atoms with Crippen LogP contribution in [0.2, 0.25) is 0 Å². The molecule has 6 heteroatoms. The fraction of sp³-hybridized carbons (Fsp3) is 0.312. The van der Waals surface area contributed by atoms with E-state index < -0.39 is 0 Å².